The number of hydrogen-bond acceptors (Lipinski definition) is 1. The van der Waals surface area contributed by atoms with Crippen molar-refractivity contribution in [2.24, 2.45) is 5.41 Å². The largest absolute Gasteiger partial charge is 0.338 e. The van der Waals surface area contributed by atoms with E-state index in [9.17, 15) is 4.79 Å². The molecule has 4 heteroatoms. The zero-order chi connectivity index (χ0) is 13.8. The van der Waals surface area contributed by atoms with Gasteiger partial charge in [-0.05, 0) is 30.0 Å². The first kappa shape index (κ1) is 14.8. The molecular weight excluding hydrogens is 248 g/mol. The summed E-state index contributed by atoms with van der Waals surface area (Å²) in [6, 6.07) is 7.28. The second kappa shape index (κ2) is 6.10. The lowest BCUT2D eigenvalue weighted by Crippen LogP contribution is -2.40. The molecule has 0 radical (unpaired) electrons. The quantitative estimate of drug-likeness (QED) is 0.861. The van der Waals surface area contributed by atoms with Crippen molar-refractivity contribution in [1.29, 1.82) is 0 Å². The maximum atomic E-state index is 11.7. The first-order valence-corrected chi connectivity index (χ1v) is 6.45. The smallest absolute Gasteiger partial charge is 0.315 e. The molecular formula is C14H21ClN2O. The van der Waals surface area contributed by atoms with E-state index in [2.05, 4.69) is 31.4 Å². The monoisotopic (exact) mass is 268 g/mol. The molecule has 100 valence electrons. The van der Waals surface area contributed by atoms with Crippen LogP contribution in [0.3, 0.4) is 0 Å². The first-order chi connectivity index (χ1) is 8.28. The van der Waals surface area contributed by atoms with Crippen molar-refractivity contribution in [1.82, 2.24) is 10.6 Å². The lowest BCUT2D eigenvalue weighted by atomic mass is 9.97. The van der Waals surface area contributed by atoms with Crippen LogP contribution >= 0.6 is 11.6 Å². The second-order valence-electron chi connectivity index (χ2n) is 5.66. The zero-order valence-electron chi connectivity index (χ0n) is 11.4. The minimum absolute atomic E-state index is 0.0660. The summed E-state index contributed by atoms with van der Waals surface area (Å²) in [5.41, 5.74) is 1.07. The number of carbonyl (C=O) groups is 1. The molecule has 0 saturated heterocycles. The predicted molar refractivity (Wildman–Crippen MR) is 75.9 cm³/mol. The number of benzene rings is 1. The number of rotatable bonds is 3. The highest BCUT2D eigenvalue weighted by Gasteiger charge is 2.13. The van der Waals surface area contributed by atoms with Crippen molar-refractivity contribution in [3.05, 3.63) is 34.9 Å². The first-order valence-electron chi connectivity index (χ1n) is 6.08. The van der Waals surface area contributed by atoms with Gasteiger partial charge in [0.05, 0.1) is 6.04 Å². The van der Waals surface area contributed by atoms with E-state index in [0.29, 0.717) is 11.6 Å². The molecule has 2 N–H and O–H groups in total. The Morgan fingerprint density at radius 1 is 1.39 bits per heavy atom. The third-order valence-corrected chi connectivity index (χ3v) is 2.71. The molecule has 1 rings (SSSR count). The molecule has 1 aromatic rings. The number of amides is 2. The SMILES string of the molecule is CC(NC(=O)NCC(C)(C)C)c1cccc(Cl)c1. The van der Waals surface area contributed by atoms with Gasteiger partial charge in [-0.15, -0.1) is 0 Å². The fraction of sp³-hybridized carbons (Fsp3) is 0.500. The third-order valence-electron chi connectivity index (χ3n) is 2.48. The van der Waals surface area contributed by atoms with Gasteiger partial charge in [-0.1, -0.05) is 44.5 Å². The minimum atomic E-state index is -0.155. The molecule has 0 aliphatic heterocycles. The number of nitrogens with one attached hydrogen (secondary N) is 2. The van der Waals surface area contributed by atoms with Crippen molar-refractivity contribution in [2.75, 3.05) is 6.54 Å². The van der Waals surface area contributed by atoms with Gasteiger partial charge in [-0.25, -0.2) is 4.79 Å². The van der Waals surface area contributed by atoms with Crippen LogP contribution in [0.2, 0.25) is 5.02 Å². The Labute approximate surface area is 114 Å². The van der Waals surface area contributed by atoms with Crippen LogP contribution in [0.25, 0.3) is 0 Å². The van der Waals surface area contributed by atoms with Crippen LogP contribution in [0.5, 0.6) is 0 Å². The van der Waals surface area contributed by atoms with Gasteiger partial charge < -0.3 is 10.6 Å². The van der Waals surface area contributed by atoms with E-state index in [1.807, 2.05) is 31.2 Å². The normalized spacial score (nSPS) is 12.9. The summed E-state index contributed by atoms with van der Waals surface area (Å²) in [7, 11) is 0. The highest BCUT2D eigenvalue weighted by molar-refractivity contribution is 6.30. The zero-order valence-corrected chi connectivity index (χ0v) is 12.1. The van der Waals surface area contributed by atoms with Gasteiger partial charge in [0.15, 0.2) is 0 Å². The molecule has 2 amide bonds. The molecule has 1 aromatic carbocycles. The van der Waals surface area contributed by atoms with Crippen molar-refractivity contribution in [3.63, 3.8) is 0 Å². The van der Waals surface area contributed by atoms with E-state index < -0.39 is 0 Å². The van der Waals surface area contributed by atoms with Gasteiger partial charge in [0.1, 0.15) is 0 Å². The Hall–Kier alpha value is -1.22. The molecule has 0 aliphatic carbocycles. The summed E-state index contributed by atoms with van der Waals surface area (Å²) in [5.74, 6) is 0. The lowest BCUT2D eigenvalue weighted by molar-refractivity contribution is 0.232. The molecule has 0 fully saturated rings. The van der Waals surface area contributed by atoms with Crippen LogP contribution in [0, 0.1) is 5.41 Å². The van der Waals surface area contributed by atoms with Gasteiger partial charge in [0, 0.05) is 11.6 Å². The molecule has 0 aromatic heterocycles. The Kier molecular flexibility index (Phi) is 5.03. The van der Waals surface area contributed by atoms with Crippen LogP contribution in [0.4, 0.5) is 4.79 Å². The van der Waals surface area contributed by atoms with Gasteiger partial charge in [0.2, 0.25) is 0 Å². The number of halogens is 1. The topological polar surface area (TPSA) is 41.1 Å². The highest BCUT2D eigenvalue weighted by atomic mass is 35.5. The van der Waals surface area contributed by atoms with E-state index in [1.54, 1.807) is 0 Å². The molecule has 0 saturated carbocycles. The Morgan fingerprint density at radius 2 is 2.06 bits per heavy atom. The highest BCUT2D eigenvalue weighted by Crippen LogP contribution is 2.17. The van der Waals surface area contributed by atoms with Crippen LogP contribution in [-0.2, 0) is 0 Å². The average molecular weight is 269 g/mol. The van der Waals surface area contributed by atoms with E-state index in [0.717, 1.165) is 5.56 Å². The van der Waals surface area contributed by atoms with E-state index in [-0.39, 0.29) is 17.5 Å². The summed E-state index contributed by atoms with van der Waals surface area (Å²) in [6.45, 7) is 8.80. The summed E-state index contributed by atoms with van der Waals surface area (Å²) >= 11 is 5.92. The van der Waals surface area contributed by atoms with Crippen molar-refractivity contribution in [3.8, 4) is 0 Å². The van der Waals surface area contributed by atoms with Crippen LogP contribution in [-0.4, -0.2) is 12.6 Å². The molecule has 18 heavy (non-hydrogen) atoms. The third kappa shape index (κ3) is 5.41. The fourth-order valence-electron chi connectivity index (χ4n) is 1.45. The maximum Gasteiger partial charge on any atom is 0.315 e. The van der Waals surface area contributed by atoms with Crippen LogP contribution in [0.1, 0.15) is 39.3 Å². The maximum absolute atomic E-state index is 11.7. The van der Waals surface area contributed by atoms with Crippen molar-refractivity contribution in [2.45, 2.75) is 33.7 Å². The van der Waals surface area contributed by atoms with Gasteiger partial charge in [-0.2, -0.15) is 0 Å². The summed E-state index contributed by atoms with van der Waals surface area (Å²) < 4.78 is 0. The Bertz CT molecular complexity index is 413. The van der Waals surface area contributed by atoms with E-state index in [1.165, 1.54) is 0 Å². The summed E-state index contributed by atoms with van der Waals surface area (Å²) in [5, 5.41) is 6.42. The molecule has 0 bridgehead atoms. The molecule has 0 heterocycles. The molecule has 0 aliphatic rings. The number of carbonyl (C=O) groups excluding carboxylic acids is 1. The van der Waals surface area contributed by atoms with E-state index >= 15 is 0 Å². The average Bonchev–Trinajstić information content (AvgIpc) is 2.25. The van der Waals surface area contributed by atoms with E-state index in [4.69, 9.17) is 11.6 Å². The molecule has 0 spiro atoms. The van der Waals surface area contributed by atoms with Gasteiger partial charge in [-0.3, -0.25) is 0 Å². The summed E-state index contributed by atoms with van der Waals surface area (Å²) in [4.78, 5) is 11.7. The van der Waals surface area contributed by atoms with Crippen LogP contribution < -0.4 is 10.6 Å². The molecule has 1 atom stereocenters. The molecule has 1 unspecified atom stereocenters. The lowest BCUT2D eigenvalue weighted by Gasteiger charge is -2.21. The van der Waals surface area contributed by atoms with Crippen molar-refractivity contribution < 1.29 is 4.79 Å². The molecule has 3 nitrogen and oxygen atoms in total. The Morgan fingerprint density at radius 3 is 2.61 bits per heavy atom. The second-order valence-corrected chi connectivity index (χ2v) is 6.10. The predicted octanol–water partition coefficient (Wildman–Crippen LogP) is 3.75. The summed E-state index contributed by atoms with van der Waals surface area (Å²) in [6.07, 6.45) is 0. The Balaban J connectivity index is 2.50. The fourth-order valence-corrected chi connectivity index (χ4v) is 1.65. The minimum Gasteiger partial charge on any atom is -0.338 e. The van der Waals surface area contributed by atoms with Gasteiger partial charge >= 0.3 is 6.03 Å². The number of hydrogen-bond donors (Lipinski definition) is 2. The number of urea groups is 1. The van der Waals surface area contributed by atoms with Crippen LogP contribution in [0.15, 0.2) is 24.3 Å². The standard InChI is InChI=1S/C14H21ClN2O/c1-10(11-6-5-7-12(15)8-11)17-13(18)16-9-14(2,3)4/h5-8,10H,9H2,1-4H3,(H2,16,17,18). The van der Waals surface area contributed by atoms with Crippen molar-refractivity contribution >= 4 is 17.6 Å². The van der Waals surface area contributed by atoms with Gasteiger partial charge in [0.25, 0.3) is 0 Å².